The average molecular weight is 258 g/mol. The van der Waals surface area contributed by atoms with Crippen molar-refractivity contribution in [1.82, 2.24) is 0 Å². The van der Waals surface area contributed by atoms with E-state index in [0.717, 1.165) is 9.90 Å². The Labute approximate surface area is 107 Å². The van der Waals surface area contributed by atoms with Gasteiger partial charge in [-0.1, -0.05) is 39.3 Å². The van der Waals surface area contributed by atoms with E-state index in [9.17, 15) is 0 Å². The molecule has 1 heterocycles. The summed E-state index contributed by atoms with van der Waals surface area (Å²) in [4.78, 5) is 1.23. The Morgan fingerprint density at radius 2 is 1.81 bits per heavy atom. The number of thiophene rings is 1. The fourth-order valence-electron chi connectivity index (χ4n) is 2.96. The molecular formula is C13H20ClNS. The first kappa shape index (κ1) is 12.4. The van der Waals surface area contributed by atoms with Gasteiger partial charge in [0.15, 0.2) is 0 Å². The fraction of sp³-hybridized carbons (Fsp3) is 0.692. The van der Waals surface area contributed by atoms with Gasteiger partial charge in [0.2, 0.25) is 0 Å². The van der Waals surface area contributed by atoms with Crippen molar-refractivity contribution < 1.29 is 0 Å². The maximum absolute atomic E-state index is 6.39. The van der Waals surface area contributed by atoms with Gasteiger partial charge in [-0.3, -0.25) is 0 Å². The highest BCUT2D eigenvalue weighted by atomic mass is 35.5. The van der Waals surface area contributed by atoms with Crippen molar-refractivity contribution in [3.05, 3.63) is 20.8 Å². The summed E-state index contributed by atoms with van der Waals surface area (Å²) in [6, 6.07) is 2.27. The molecule has 0 radical (unpaired) electrons. The van der Waals surface area contributed by atoms with Gasteiger partial charge in [0.25, 0.3) is 0 Å². The van der Waals surface area contributed by atoms with E-state index < -0.39 is 0 Å². The molecule has 1 fully saturated rings. The Morgan fingerprint density at radius 3 is 2.12 bits per heavy atom. The summed E-state index contributed by atoms with van der Waals surface area (Å²) in [6.45, 7) is 11.3. The topological polar surface area (TPSA) is 26.0 Å². The van der Waals surface area contributed by atoms with Crippen LogP contribution in [-0.4, -0.2) is 0 Å². The molecule has 0 spiro atoms. The van der Waals surface area contributed by atoms with E-state index in [1.165, 1.54) is 4.88 Å². The molecule has 0 amide bonds. The largest absolute Gasteiger partial charge is 0.323 e. The summed E-state index contributed by atoms with van der Waals surface area (Å²) in [6.07, 6.45) is 0. The molecule has 0 aliphatic heterocycles. The third-order valence-electron chi connectivity index (χ3n) is 4.70. The number of hydrogen-bond acceptors (Lipinski definition) is 2. The molecule has 1 atom stereocenters. The Morgan fingerprint density at radius 1 is 1.31 bits per heavy atom. The van der Waals surface area contributed by atoms with Crippen LogP contribution in [0.5, 0.6) is 0 Å². The van der Waals surface area contributed by atoms with Crippen molar-refractivity contribution >= 4 is 22.9 Å². The number of nitrogens with two attached hydrogens (primary N) is 1. The van der Waals surface area contributed by atoms with E-state index in [1.54, 1.807) is 11.3 Å². The van der Waals surface area contributed by atoms with Crippen LogP contribution in [0, 0.1) is 23.7 Å². The van der Waals surface area contributed by atoms with Crippen molar-refractivity contribution in [2.75, 3.05) is 0 Å². The molecule has 1 unspecified atom stereocenters. The minimum atomic E-state index is 0.126. The zero-order valence-electron chi connectivity index (χ0n) is 10.6. The van der Waals surface area contributed by atoms with Gasteiger partial charge in [0.05, 0.1) is 4.34 Å². The van der Waals surface area contributed by atoms with E-state index in [-0.39, 0.29) is 6.04 Å². The lowest BCUT2D eigenvalue weighted by Gasteiger charge is -2.11. The third-order valence-corrected chi connectivity index (χ3v) is 6.35. The quantitative estimate of drug-likeness (QED) is 0.835. The fourth-order valence-corrected chi connectivity index (χ4v) is 4.21. The average Bonchev–Trinajstić information content (AvgIpc) is 2.39. The van der Waals surface area contributed by atoms with Gasteiger partial charge in [-0.25, -0.2) is 0 Å². The van der Waals surface area contributed by atoms with Crippen molar-refractivity contribution in [2.45, 2.75) is 40.7 Å². The Hall–Kier alpha value is -0.0500. The molecule has 2 N–H and O–H groups in total. The number of halogens is 1. The van der Waals surface area contributed by atoms with Crippen LogP contribution in [-0.2, 0) is 0 Å². The maximum atomic E-state index is 6.39. The van der Waals surface area contributed by atoms with E-state index in [1.807, 2.05) is 6.92 Å². The van der Waals surface area contributed by atoms with Gasteiger partial charge >= 0.3 is 0 Å². The van der Waals surface area contributed by atoms with Crippen LogP contribution in [0.1, 0.15) is 44.2 Å². The minimum Gasteiger partial charge on any atom is -0.323 e. The normalized spacial score (nSPS) is 24.4. The maximum Gasteiger partial charge on any atom is 0.0960 e. The van der Waals surface area contributed by atoms with Crippen molar-refractivity contribution in [3.63, 3.8) is 0 Å². The van der Waals surface area contributed by atoms with Gasteiger partial charge < -0.3 is 5.73 Å². The highest BCUT2D eigenvalue weighted by molar-refractivity contribution is 7.16. The van der Waals surface area contributed by atoms with E-state index >= 15 is 0 Å². The zero-order chi connectivity index (χ0) is 12.3. The van der Waals surface area contributed by atoms with Crippen LogP contribution in [0.3, 0.4) is 0 Å². The molecule has 0 bridgehead atoms. The lowest BCUT2D eigenvalue weighted by atomic mass is 10.0. The minimum absolute atomic E-state index is 0.126. The highest BCUT2D eigenvalue weighted by Crippen LogP contribution is 2.72. The smallest absolute Gasteiger partial charge is 0.0960 e. The Balaban J connectivity index is 2.25. The Bertz CT molecular complexity index is 386. The number of hydrogen-bond donors (Lipinski definition) is 1. The van der Waals surface area contributed by atoms with Crippen LogP contribution < -0.4 is 5.73 Å². The highest BCUT2D eigenvalue weighted by Gasteiger charge is 2.66. The predicted octanol–water partition coefficient (Wildman–Crippen LogP) is 4.39. The van der Waals surface area contributed by atoms with Crippen molar-refractivity contribution in [2.24, 2.45) is 22.5 Å². The van der Waals surface area contributed by atoms with Gasteiger partial charge in [0.1, 0.15) is 0 Å². The molecule has 3 heteroatoms. The lowest BCUT2D eigenvalue weighted by molar-refractivity contribution is 0.457. The molecule has 16 heavy (non-hydrogen) atoms. The number of rotatable bonds is 2. The third kappa shape index (κ3) is 1.54. The summed E-state index contributed by atoms with van der Waals surface area (Å²) in [5.41, 5.74) is 8.19. The molecular weight excluding hydrogens is 238 g/mol. The van der Waals surface area contributed by atoms with Gasteiger partial charge in [-0.15, -0.1) is 11.3 Å². The standard InChI is InChI=1S/C13H20ClNS/c1-7-6-8(16-11(7)14)9(15)10-12(2,3)13(10,4)5/h6,9-10H,15H2,1-5H3. The number of aryl methyl sites for hydroxylation is 1. The zero-order valence-corrected chi connectivity index (χ0v) is 12.2. The molecule has 0 saturated heterocycles. The molecule has 1 aromatic rings. The summed E-state index contributed by atoms with van der Waals surface area (Å²) >= 11 is 7.74. The first-order chi connectivity index (χ1) is 7.19. The molecule has 0 aromatic carbocycles. The second kappa shape index (κ2) is 3.47. The second-order valence-electron chi connectivity index (χ2n) is 6.05. The van der Waals surface area contributed by atoms with E-state index in [2.05, 4.69) is 33.8 Å². The second-order valence-corrected chi connectivity index (χ2v) is 7.74. The monoisotopic (exact) mass is 257 g/mol. The molecule has 1 aliphatic carbocycles. The van der Waals surface area contributed by atoms with E-state index in [4.69, 9.17) is 17.3 Å². The van der Waals surface area contributed by atoms with Crippen molar-refractivity contribution in [1.29, 1.82) is 0 Å². The molecule has 1 saturated carbocycles. The van der Waals surface area contributed by atoms with Gasteiger partial charge in [-0.05, 0) is 35.3 Å². The summed E-state index contributed by atoms with van der Waals surface area (Å²) in [5, 5.41) is 0. The van der Waals surface area contributed by atoms with Crippen LogP contribution in [0.2, 0.25) is 4.34 Å². The SMILES string of the molecule is Cc1cc(C(N)C2C(C)(C)C2(C)C)sc1Cl. The lowest BCUT2D eigenvalue weighted by Crippen LogP contribution is -2.15. The molecule has 2 rings (SSSR count). The molecule has 1 aliphatic rings. The van der Waals surface area contributed by atoms with Crippen LogP contribution in [0.4, 0.5) is 0 Å². The predicted molar refractivity (Wildman–Crippen MR) is 72.0 cm³/mol. The van der Waals surface area contributed by atoms with Crippen LogP contribution in [0.25, 0.3) is 0 Å². The molecule has 1 aromatic heterocycles. The van der Waals surface area contributed by atoms with Gasteiger partial charge in [-0.2, -0.15) is 0 Å². The summed E-state index contributed by atoms with van der Waals surface area (Å²) in [7, 11) is 0. The van der Waals surface area contributed by atoms with Crippen LogP contribution in [0.15, 0.2) is 6.07 Å². The summed E-state index contributed by atoms with van der Waals surface area (Å²) in [5.74, 6) is 0.550. The molecule has 1 nitrogen and oxygen atoms in total. The first-order valence-electron chi connectivity index (χ1n) is 5.71. The Kier molecular flexibility index (Phi) is 2.69. The van der Waals surface area contributed by atoms with E-state index in [0.29, 0.717) is 16.7 Å². The van der Waals surface area contributed by atoms with Crippen molar-refractivity contribution in [3.8, 4) is 0 Å². The van der Waals surface area contributed by atoms with Crippen LogP contribution >= 0.6 is 22.9 Å². The molecule has 90 valence electrons. The van der Waals surface area contributed by atoms with Gasteiger partial charge in [0, 0.05) is 10.9 Å². The summed E-state index contributed by atoms with van der Waals surface area (Å²) < 4.78 is 0.877. The first-order valence-corrected chi connectivity index (χ1v) is 6.90.